The van der Waals surface area contributed by atoms with Gasteiger partial charge in [-0.3, -0.25) is 0 Å². The van der Waals surface area contributed by atoms with E-state index in [0.717, 1.165) is 32.8 Å². The van der Waals surface area contributed by atoms with Crippen LogP contribution in [0.15, 0.2) is 48.5 Å². The van der Waals surface area contributed by atoms with Crippen molar-refractivity contribution < 1.29 is 23.2 Å². The zero-order chi connectivity index (χ0) is 20.6. The number of rotatable bonds is 7. The number of aryl methyl sites for hydroxylation is 1. The molecule has 1 aliphatic rings. The van der Waals surface area contributed by atoms with Crippen LogP contribution in [-0.2, 0) is 4.74 Å². The van der Waals surface area contributed by atoms with E-state index in [1.165, 1.54) is 28.2 Å². The fourth-order valence-corrected chi connectivity index (χ4v) is 3.51. The molecule has 8 heteroatoms. The summed E-state index contributed by atoms with van der Waals surface area (Å²) in [4.78, 5) is 1.46. The van der Waals surface area contributed by atoms with E-state index in [1.807, 2.05) is 0 Å². The maximum absolute atomic E-state index is 12.3. The summed E-state index contributed by atoms with van der Waals surface area (Å²) < 4.78 is 34.4. The topological polar surface area (TPSA) is 47.0 Å². The summed E-state index contributed by atoms with van der Waals surface area (Å²) in [6.45, 7) is 3.58. The van der Waals surface area contributed by atoms with Crippen LogP contribution in [0, 0.1) is 6.92 Å². The Hall–Kier alpha value is -2.29. The lowest BCUT2D eigenvalue weighted by Gasteiger charge is -2.29. The standard InChI is InChI=1S/C21H25F2N3O2S/c1-15-2-4-16(5-3-15)19(14-26-10-12-27-13-11-26)25-21(29)24-17-6-8-18(9-7-17)28-20(22)23/h2-9,19-20H,10-14H2,1H3,(H2,24,25,29)/p+1/t19-/m0/s1. The first-order chi connectivity index (χ1) is 14.0. The average molecular weight is 423 g/mol. The van der Waals surface area contributed by atoms with Gasteiger partial charge in [0.05, 0.1) is 13.2 Å². The molecule has 0 amide bonds. The van der Waals surface area contributed by atoms with Gasteiger partial charge in [-0.1, -0.05) is 29.8 Å². The minimum Gasteiger partial charge on any atom is -0.435 e. The Morgan fingerprint density at radius 1 is 1.10 bits per heavy atom. The molecule has 1 fully saturated rings. The first kappa shape index (κ1) is 21.4. The number of quaternary nitrogens is 1. The van der Waals surface area contributed by atoms with Crippen LogP contribution in [-0.4, -0.2) is 44.6 Å². The SMILES string of the molecule is Cc1ccc([C@H](C[NH+]2CCOCC2)NC(=S)Nc2ccc(OC(F)F)cc2)cc1. The monoisotopic (exact) mass is 422 g/mol. The molecule has 1 aliphatic heterocycles. The van der Waals surface area contributed by atoms with E-state index in [0.29, 0.717) is 10.8 Å². The molecule has 3 rings (SSSR count). The quantitative estimate of drug-likeness (QED) is 0.599. The molecule has 0 saturated carbocycles. The van der Waals surface area contributed by atoms with Crippen LogP contribution in [0.4, 0.5) is 14.5 Å². The van der Waals surface area contributed by atoms with Gasteiger partial charge in [-0.25, -0.2) is 0 Å². The normalized spacial score (nSPS) is 15.7. The van der Waals surface area contributed by atoms with Crippen molar-refractivity contribution in [3.8, 4) is 5.75 Å². The predicted octanol–water partition coefficient (Wildman–Crippen LogP) is 2.54. The first-order valence-corrected chi connectivity index (χ1v) is 10.0. The zero-order valence-electron chi connectivity index (χ0n) is 16.3. The summed E-state index contributed by atoms with van der Waals surface area (Å²) in [5, 5.41) is 6.99. The van der Waals surface area contributed by atoms with Gasteiger partial charge < -0.3 is 25.0 Å². The fraction of sp³-hybridized carbons (Fsp3) is 0.381. The van der Waals surface area contributed by atoms with Crippen LogP contribution in [0.2, 0.25) is 0 Å². The van der Waals surface area contributed by atoms with Crippen molar-refractivity contribution in [1.82, 2.24) is 5.32 Å². The molecule has 0 spiro atoms. The highest BCUT2D eigenvalue weighted by molar-refractivity contribution is 7.80. The van der Waals surface area contributed by atoms with Crippen LogP contribution < -0.4 is 20.3 Å². The smallest absolute Gasteiger partial charge is 0.387 e. The molecule has 2 aromatic rings. The van der Waals surface area contributed by atoms with Gasteiger partial charge in [0.15, 0.2) is 5.11 Å². The third-order valence-electron chi connectivity index (χ3n) is 4.82. The summed E-state index contributed by atoms with van der Waals surface area (Å²) in [5.74, 6) is 0.109. The van der Waals surface area contributed by atoms with Crippen molar-refractivity contribution in [1.29, 1.82) is 0 Å². The van der Waals surface area contributed by atoms with E-state index in [2.05, 4.69) is 46.6 Å². The number of thiocarbonyl (C=S) groups is 1. The van der Waals surface area contributed by atoms with Gasteiger partial charge in [-0.15, -0.1) is 0 Å². The molecule has 29 heavy (non-hydrogen) atoms. The van der Waals surface area contributed by atoms with Gasteiger partial charge in [-0.2, -0.15) is 8.78 Å². The van der Waals surface area contributed by atoms with Crippen molar-refractivity contribution in [2.45, 2.75) is 19.6 Å². The van der Waals surface area contributed by atoms with Crippen LogP contribution in [0.25, 0.3) is 0 Å². The second kappa shape index (κ2) is 10.5. The number of anilines is 1. The molecular weight excluding hydrogens is 396 g/mol. The highest BCUT2D eigenvalue weighted by Gasteiger charge is 2.22. The summed E-state index contributed by atoms with van der Waals surface area (Å²) in [6, 6.07) is 14.7. The van der Waals surface area contributed by atoms with Gasteiger partial charge in [0.1, 0.15) is 31.4 Å². The highest BCUT2D eigenvalue weighted by Crippen LogP contribution is 2.18. The Bertz CT molecular complexity index is 782. The number of morpholine rings is 1. The van der Waals surface area contributed by atoms with Crippen LogP contribution in [0.3, 0.4) is 0 Å². The number of alkyl halides is 2. The third-order valence-corrected chi connectivity index (χ3v) is 5.04. The lowest BCUT2D eigenvalue weighted by atomic mass is 10.0. The van der Waals surface area contributed by atoms with Gasteiger partial charge >= 0.3 is 6.61 Å². The van der Waals surface area contributed by atoms with E-state index in [4.69, 9.17) is 17.0 Å². The molecular formula is C21H26F2N3O2S+. The van der Waals surface area contributed by atoms with Crippen LogP contribution >= 0.6 is 12.2 Å². The predicted molar refractivity (Wildman–Crippen MR) is 113 cm³/mol. The second-order valence-corrected chi connectivity index (χ2v) is 7.44. The van der Waals surface area contributed by atoms with Gasteiger partial charge in [0.2, 0.25) is 0 Å². The number of halogens is 2. The third kappa shape index (κ3) is 6.92. The average Bonchev–Trinajstić information content (AvgIpc) is 2.70. The minimum absolute atomic E-state index is 0.0464. The van der Waals surface area contributed by atoms with Gasteiger partial charge in [0.25, 0.3) is 0 Å². The van der Waals surface area contributed by atoms with Crippen LogP contribution in [0.5, 0.6) is 5.75 Å². The van der Waals surface area contributed by atoms with Crippen LogP contribution in [0.1, 0.15) is 17.2 Å². The molecule has 3 N–H and O–H groups in total. The minimum atomic E-state index is -2.84. The van der Waals surface area contributed by atoms with Gasteiger partial charge in [0, 0.05) is 5.69 Å². The summed E-state index contributed by atoms with van der Waals surface area (Å²) >= 11 is 5.50. The molecule has 5 nitrogen and oxygen atoms in total. The van der Waals surface area contributed by atoms with E-state index in [1.54, 1.807) is 12.1 Å². The molecule has 0 unspecified atom stereocenters. The maximum Gasteiger partial charge on any atom is 0.387 e. The Morgan fingerprint density at radius 3 is 2.38 bits per heavy atom. The molecule has 0 aliphatic carbocycles. The number of ether oxygens (including phenoxy) is 2. The number of benzene rings is 2. The van der Waals surface area contributed by atoms with Crippen molar-refractivity contribution in [3.63, 3.8) is 0 Å². The summed E-state index contributed by atoms with van der Waals surface area (Å²) in [5.41, 5.74) is 3.07. The molecule has 0 radical (unpaired) electrons. The Labute approximate surface area is 175 Å². The maximum atomic E-state index is 12.3. The molecule has 1 saturated heterocycles. The van der Waals surface area contributed by atoms with E-state index in [-0.39, 0.29) is 11.8 Å². The Kier molecular flexibility index (Phi) is 7.74. The number of hydrogen-bond donors (Lipinski definition) is 3. The lowest BCUT2D eigenvalue weighted by Crippen LogP contribution is -3.14. The molecule has 2 aromatic carbocycles. The Morgan fingerprint density at radius 2 is 1.76 bits per heavy atom. The van der Waals surface area contributed by atoms with E-state index < -0.39 is 6.61 Å². The summed E-state index contributed by atoms with van der Waals surface area (Å²) in [6.07, 6.45) is 0. The molecule has 0 bridgehead atoms. The fourth-order valence-electron chi connectivity index (χ4n) is 3.25. The Balaban J connectivity index is 1.64. The van der Waals surface area contributed by atoms with Crippen molar-refractivity contribution in [3.05, 3.63) is 59.7 Å². The van der Waals surface area contributed by atoms with Gasteiger partial charge in [-0.05, 0) is 49.0 Å². The molecule has 1 atom stereocenters. The molecule has 156 valence electrons. The largest absolute Gasteiger partial charge is 0.435 e. The first-order valence-electron chi connectivity index (χ1n) is 9.60. The molecule has 0 aromatic heterocycles. The van der Waals surface area contributed by atoms with Crippen molar-refractivity contribution in [2.24, 2.45) is 0 Å². The number of nitrogens with one attached hydrogen (secondary N) is 3. The zero-order valence-corrected chi connectivity index (χ0v) is 17.1. The lowest BCUT2D eigenvalue weighted by molar-refractivity contribution is -0.909. The van der Waals surface area contributed by atoms with E-state index >= 15 is 0 Å². The number of hydrogen-bond acceptors (Lipinski definition) is 3. The van der Waals surface area contributed by atoms with Crippen molar-refractivity contribution >= 4 is 23.0 Å². The van der Waals surface area contributed by atoms with E-state index in [9.17, 15) is 8.78 Å². The summed E-state index contributed by atoms with van der Waals surface area (Å²) in [7, 11) is 0. The highest BCUT2D eigenvalue weighted by atomic mass is 32.1. The molecule has 1 heterocycles. The van der Waals surface area contributed by atoms with Crippen molar-refractivity contribution in [2.75, 3.05) is 38.2 Å². The second-order valence-electron chi connectivity index (χ2n) is 7.03.